The van der Waals surface area contributed by atoms with Gasteiger partial charge in [0.25, 0.3) is 6.71 Å². The monoisotopic (exact) mass is 833 g/mol. The first-order chi connectivity index (χ1) is 27.4. The van der Waals surface area contributed by atoms with Gasteiger partial charge in [-0.25, -0.2) is 0 Å². The third kappa shape index (κ3) is 6.97. The average Bonchev–Trinajstić information content (AvgIpc) is 3.54. The van der Waals surface area contributed by atoms with E-state index in [1.54, 1.807) is 10.4 Å². The van der Waals surface area contributed by atoms with Crippen molar-refractivity contribution in [2.24, 2.45) is 0 Å². The van der Waals surface area contributed by atoms with Crippen molar-refractivity contribution in [1.82, 2.24) is 0 Å². The number of anilines is 6. The Morgan fingerprint density at radius 1 is 0.550 bits per heavy atom. The predicted molar refractivity (Wildman–Crippen MR) is 271 cm³/mol. The molecule has 60 heavy (non-hydrogen) atoms. The molecular weight excluding hydrogens is 760 g/mol. The Kier molecular flexibility index (Phi) is 9.69. The van der Waals surface area contributed by atoms with Crippen LogP contribution in [0.5, 0.6) is 0 Å². The van der Waals surface area contributed by atoms with Crippen LogP contribution in [0.3, 0.4) is 0 Å². The highest BCUT2D eigenvalue weighted by Crippen LogP contribution is 2.56. The van der Waals surface area contributed by atoms with Gasteiger partial charge in [0.15, 0.2) is 0 Å². The van der Waals surface area contributed by atoms with E-state index in [1.807, 2.05) is 0 Å². The Hall–Kier alpha value is -3.54. The Morgan fingerprint density at radius 3 is 1.58 bits per heavy atom. The summed E-state index contributed by atoms with van der Waals surface area (Å²) in [6.45, 7) is 46.2. The van der Waals surface area contributed by atoms with Crippen molar-refractivity contribution in [2.75, 3.05) is 9.80 Å². The van der Waals surface area contributed by atoms with Gasteiger partial charge in [0.05, 0.1) is 13.8 Å². The summed E-state index contributed by atoms with van der Waals surface area (Å²) < 4.78 is 1.52. The lowest BCUT2D eigenvalue weighted by atomic mass is 9.35. The fraction of sp³-hybridized carbons (Fsp3) is 0.491. The van der Waals surface area contributed by atoms with E-state index in [0.29, 0.717) is 0 Å². The molecule has 0 saturated carbocycles. The molecule has 4 aromatic carbocycles. The molecule has 0 bridgehead atoms. The molecule has 0 spiro atoms. The van der Waals surface area contributed by atoms with Crippen LogP contribution in [-0.2, 0) is 32.5 Å². The zero-order valence-electron chi connectivity index (χ0n) is 40.7. The number of rotatable bonds is 3. The lowest BCUT2D eigenvalue weighted by Gasteiger charge is -2.46. The van der Waals surface area contributed by atoms with Gasteiger partial charge in [-0.2, -0.15) is 11.3 Å². The van der Waals surface area contributed by atoms with E-state index in [1.165, 1.54) is 90.1 Å². The van der Waals surface area contributed by atoms with Crippen molar-refractivity contribution in [2.45, 2.75) is 176 Å². The van der Waals surface area contributed by atoms with Gasteiger partial charge in [0.2, 0.25) is 0 Å². The van der Waals surface area contributed by atoms with Crippen LogP contribution in [0.1, 0.15) is 156 Å². The maximum absolute atomic E-state index is 2.75. The minimum Gasteiger partial charge on any atom is -0.311 e. The molecule has 0 atom stereocenters. The van der Waals surface area contributed by atoms with Gasteiger partial charge < -0.3 is 9.80 Å². The van der Waals surface area contributed by atoms with Crippen molar-refractivity contribution in [3.63, 3.8) is 0 Å². The molecule has 3 aliphatic rings. The summed E-state index contributed by atoms with van der Waals surface area (Å²) in [5.41, 5.74) is 18.3. The number of hydrogen-bond donors (Lipinski definition) is 0. The molecule has 5 aromatic rings. The molecule has 0 radical (unpaired) electrons. The second-order valence-corrected chi connectivity index (χ2v) is 31.3. The molecule has 1 aliphatic carbocycles. The smallest absolute Gasteiger partial charge is 0.264 e. The number of thiophene rings is 1. The lowest BCUT2D eigenvalue weighted by Crippen LogP contribution is -2.61. The second-order valence-electron chi connectivity index (χ2n) is 25.1. The molecule has 5 heteroatoms. The zero-order valence-corrected chi connectivity index (χ0v) is 42.5. The lowest BCUT2D eigenvalue weighted by molar-refractivity contribution is 0.339. The largest absolute Gasteiger partial charge is 0.311 e. The van der Waals surface area contributed by atoms with Crippen LogP contribution < -0.4 is 30.7 Å². The highest BCUT2D eigenvalue weighted by atomic mass is 32.1. The van der Waals surface area contributed by atoms with E-state index in [4.69, 9.17) is 0 Å². The van der Waals surface area contributed by atoms with Crippen molar-refractivity contribution in [1.29, 1.82) is 0 Å². The van der Waals surface area contributed by atoms with Crippen LogP contribution in [0.2, 0.25) is 19.6 Å². The minimum atomic E-state index is -1.85. The topological polar surface area (TPSA) is 6.48 Å². The number of hydrogen-bond acceptors (Lipinski definition) is 3. The van der Waals surface area contributed by atoms with Gasteiger partial charge in [0, 0.05) is 38.1 Å². The zero-order chi connectivity index (χ0) is 44.1. The van der Waals surface area contributed by atoms with Crippen molar-refractivity contribution in [3.05, 3.63) is 105 Å². The maximum atomic E-state index is 2.75. The molecule has 316 valence electrons. The quantitative estimate of drug-likeness (QED) is 0.164. The Balaban J connectivity index is 1.57. The van der Waals surface area contributed by atoms with Gasteiger partial charge in [0.1, 0.15) is 0 Å². The van der Waals surface area contributed by atoms with Gasteiger partial charge >= 0.3 is 0 Å². The molecule has 2 nitrogen and oxygen atoms in total. The third-order valence-electron chi connectivity index (χ3n) is 14.2. The molecule has 0 N–H and O–H groups in total. The summed E-state index contributed by atoms with van der Waals surface area (Å²) >= 11 is 2.14. The van der Waals surface area contributed by atoms with Crippen molar-refractivity contribution in [3.8, 4) is 0 Å². The van der Waals surface area contributed by atoms with Crippen molar-refractivity contribution < 1.29 is 0 Å². The molecule has 2 aliphatic heterocycles. The van der Waals surface area contributed by atoms with Crippen LogP contribution >= 0.6 is 11.3 Å². The van der Waals surface area contributed by atoms with Crippen LogP contribution in [0.15, 0.2) is 72.8 Å². The second kappa shape index (κ2) is 13.5. The number of nitrogens with zero attached hydrogens (tertiary/aromatic N) is 2. The summed E-state index contributed by atoms with van der Waals surface area (Å²) in [5, 5.41) is 1.50. The molecule has 0 amide bonds. The van der Waals surface area contributed by atoms with E-state index in [2.05, 4.69) is 224 Å². The van der Waals surface area contributed by atoms with Gasteiger partial charge in [-0.3, -0.25) is 0 Å². The molecular formula is C55H73BN2SSi. The van der Waals surface area contributed by atoms with Gasteiger partial charge in [-0.15, -0.1) is 0 Å². The summed E-state index contributed by atoms with van der Waals surface area (Å²) in [6.07, 6.45) is 2.39. The van der Waals surface area contributed by atoms with E-state index >= 15 is 0 Å². The highest BCUT2D eigenvalue weighted by molar-refractivity contribution is 7.29. The first-order valence-electron chi connectivity index (χ1n) is 22.8. The molecule has 1 aromatic heterocycles. The molecule has 0 unspecified atom stereocenters. The van der Waals surface area contributed by atoms with Crippen LogP contribution in [-0.4, -0.2) is 14.8 Å². The predicted octanol–water partition coefficient (Wildman–Crippen LogP) is 13.9. The van der Waals surface area contributed by atoms with Gasteiger partial charge in [-0.05, 0) is 120 Å². The fourth-order valence-corrected chi connectivity index (χ4v) is 13.0. The van der Waals surface area contributed by atoms with Crippen LogP contribution in [0.4, 0.5) is 34.1 Å². The number of benzene rings is 4. The normalized spacial score (nSPS) is 17.3. The van der Waals surface area contributed by atoms with Gasteiger partial charge in [-0.1, -0.05) is 172 Å². The van der Waals surface area contributed by atoms with E-state index in [9.17, 15) is 0 Å². The Morgan fingerprint density at radius 2 is 1.05 bits per heavy atom. The summed E-state index contributed by atoms with van der Waals surface area (Å²) in [7, 11) is -1.85. The maximum Gasteiger partial charge on any atom is 0.264 e. The average molecular weight is 833 g/mol. The fourth-order valence-electron chi connectivity index (χ4n) is 10.1. The summed E-state index contributed by atoms with van der Waals surface area (Å²) in [6, 6.07) is 29.9. The Labute approximate surface area is 370 Å². The number of fused-ring (bicyclic) bond motifs is 6. The summed E-state index contributed by atoms with van der Waals surface area (Å²) in [5.74, 6) is 0. The first kappa shape index (κ1) is 43.1. The first-order valence-corrected chi connectivity index (χ1v) is 27.1. The van der Waals surface area contributed by atoms with Crippen molar-refractivity contribution >= 4 is 81.1 Å². The van der Waals surface area contributed by atoms with Crippen LogP contribution in [0.25, 0.3) is 0 Å². The molecule has 0 fully saturated rings. The van der Waals surface area contributed by atoms with E-state index in [0.717, 1.165) is 0 Å². The minimum absolute atomic E-state index is 0.00654. The van der Waals surface area contributed by atoms with E-state index < -0.39 is 8.07 Å². The standard InChI is InChI=1S/C55H73BN2SSi/c1-50(2,3)34-20-24-37(25-21-34)57-43-32-38(60(17,18)19)33-44-46(43)56(49-47(57)45-48(59-49)55(15,16)29-28-54(45,13)14)40-31-36(52(7,8)9)23-27-42(40)58(44)41-26-22-35(51(4,5)6)30-39(41)53(10,11)12/h20-27,30-33H,28-29H2,1-19H3. The molecule has 3 heterocycles. The molecule has 8 rings (SSSR count). The summed E-state index contributed by atoms with van der Waals surface area (Å²) in [4.78, 5) is 7.05. The van der Waals surface area contributed by atoms with E-state index in [-0.39, 0.29) is 39.2 Å². The molecule has 0 saturated heterocycles. The Bertz CT molecular complexity index is 2520. The van der Waals surface area contributed by atoms with Crippen LogP contribution in [0, 0.1) is 0 Å². The highest BCUT2D eigenvalue weighted by Gasteiger charge is 2.51. The third-order valence-corrected chi connectivity index (χ3v) is 17.8. The SMILES string of the molecule is CC(C)(C)c1ccc(N2c3cc([Si](C)(C)C)cc4c3B(c3cc(C(C)(C)C)ccc3N4c3ccc(C(C)(C)C)cc3C(C)(C)C)c3sc4c(c32)C(C)(C)CCC4(C)C)cc1.